The molecule has 0 aromatic heterocycles. The molecule has 1 unspecified atom stereocenters. The van der Waals surface area contributed by atoms with Crippen LogP contribution in [0.15, 0.2) is 71.9 Å². The largest absolute Gasteiger partial charge is 0.394 e. The van der Waals surface area contributed by atoms with Gasteiger partial charge in [-0.15, -0.1) is 0 Å². The molecule has 0 bridgehead atoms. The molecule has 0 aliphatic carbocycles. The van der Waals surface area contributed by atoms with Gasteiger partial charge in [0.1, 0.15) is 5.70 Å². The molecule has 5 heteroatoms. The van der Waals surface area contributed by atoms with Crippen molar-refractivity contribution in [3.63, 3.8) is 0 Å². The SMILES string of the molecule is NC(=O)C1=C(N)C(=O)N(Cc2ccccc2)C1c1ccccc1. The van der Waals surface area contributed by atoms with E-state index in [9.17, 15) is 9.59 Å². The van der Waals surface area contributed by atoms with E-state index in [4.69, 9.17) is 11.5 Å². The number of nitrogens with two attached hydrogens (primary N) is 2. The molecule has 0 saturated carbocycles. The monoisotopic (exact) mass is 307 g/mol. The highest BCUT2D eigenvalue weighted by molar-refractivity contribution is 6.08. The predicted molar refractivity (Wildman–Crippen MR) is 86.6 cm³/mol. The molecule has 4 N–H and O–H groups in total. The number of carbonyl (C=O) groups is 2. The average Bonchev–Trinajstić information content (AvgIpc) is 2.82. The highest BCUT2D eigenvalue weighted by Crippen LogP contribution is 2.37. The van der Waals surface area contributed by atoms with Crippen LogP contribution in [0.5, 0.6) is 0 Å². The Morgan fingerprint density at radius 2 is 1.57 bits per heavy atom. The minimum Gasteiger partial charge on any atom is -0.394 e. The van der Waals surface area contributed by atoms with Gasteiger partial charge in [0.2, 0.25) is 5.91 Å². The van der Waals surface area contributed by atoms with Crippen LogP contribution in [-0.2, 0) is 16.1 Å². The first-order chi connectivity index (χ1) is 11.1. The second kappa shape index (κ2) is 5.96. The summed E-state index contributed by atoms with van der Waals surface area (Å²) in [5, 5.41) is 0. The van der Waals surface area contributed by atoms with Gasteiger partial charge in [-0.25, -0.2) is 0 Å². The molecule has 2 aromatic carbocycles. The van der Waals surface area contributed by atoms with Crippen LogP contribution < -0.4 is 11.5 Å². The van der Waals surface area contributed by atoms with Gasteiger partial charge in [0, 0.05) is 6.54 Å². The van der Waals surface area contributed by atoms with E-state index in [-0.39, 0.29) is 17.2 Å². The molecule has 5 nitrogen and oxygen atoms in total. The fraction of sp³-hybridized carbons (Fsp3) is 0.111. The van der Waals surface area contributed by atoms with Gasteiger partial charge >= 0.3 is 0 Å². The smallest absolute Gasteiger partial charge is 0.271 e. The Bertz CT molecular complexity index is 769. The minimum atomic E-state index is -0.666. The van der Waals surface area contributed by atoms with Crippen LogP contribution in [0.4, 0.5) is 0 Å². The van der Waals surface area contributed by atoms with Crippen molar-refractivity contribution < 1.29 is 9.59 Å². The van der Waals surface area contributed by atoms with Gasteiger partial charge in [0.15, 0.2) is 0 Å². The third kappa shape index (κ3) is 2.68. The maximum atomic E-state index is 12.5. The average molecular weight is 307 g/mol. The van der Waals surface area contributed by atoms with E-state index >= 15 is 0 Å². The summed E-state index contributed by atoms with van der Waals surface area (Å²) in [6, 6.07) is 18.3. The molecule has 23 heavy (non-hydrogen) atoms. The molecule has 0 radical (unpaired) electrons. The summed E-state index contributed by atoms with van der Waals surface area (Å²) >= 11 is 0. The van der Waals surface area contributed by atoms with Crippen molar-refractivity contribution in [2.24, 2.45) is 11.5 Å². The highest BCUT2D eigenvalue weighted by atomic mass is 16.2. The normalized spacial score (nSPS) is 17.7. The zero-order chi connectivity index (χ0) is 16.4. The molecule has 0 fully saturated rings. The summed E-state index contributed by atoms with van der Waals surface area (Å²) in [5.74, 6) is -1.03. The van der Waals surface area contributed by atoms with Crippen molar-refractivity contribution in [2.75, 3.05) is 0 Å². The van der Waals surface area contributed by atoms with Gasteiger partial charge in [0.25, 0.3) is 5.91 Å². The van der Waals surface area contributed by atoms with Gasteiger partial charge in [-0.2, -0.15) is 0 Å². The minimum absolute atomic E-state index is 0.0673. The Kier molecular flexibility index (Phi) is 3.85. The zero-order valence-electron chi connectivity index (χ0n) is 12.5. The van der Waals surface area contributed by atoms with Crippen LogP contribution in [0.1, 0.15) is 17.2 Å². The molecule has 1 aliphatic heterocycles. The first-order valence-electron chi connectivity index (χ1n) is 7.29. The standard InChI is InChI=1S/C18H17N3O2/c19-15-14(17(20)22)16(13-9-5-2-6-10-13)21(18(15)23)11-12-7-3-1-4-8-12/h1-10,16H,11,19H2,(H2,20,22). The third-order valence-electron chi connectivity index (χ3n) is 3.94. The predicted octanol–water partition coefficient (Wildman–Crippen LogP) is 1.47. The van der Waals surface area contributed by atoms with Crippen molar-refractivity contribution in [2.45, 2.75) is 12.6 Å². The molecule has 0 saturated heterocycles. The Labute approximate surface area is 134 Å². The number of rotatable bonds is 4. The summed E-state index contributed by atoms with van der Waals surface area (Å²) in [6.07, 6.45) is 0. The molecule has 1 heterocycles. The number of primary amides is 1. The van der Waals surface area contributed by atoms with E-state index in [0.717, 1.165) is 11.1 Å². The quantitative estimate of drug-likeness (QED) is 0.896. The van der Waals surface area contributed by atoms with Crippen molar-refractivity contribution >= 4 is 11.8 Å². The Morgan fingerprint density at radius 3 is 2.13 bits per heavy atom. The lowest BCUT2D eigenvalue weighted by molar-refractivity contribution is -0.127. The van der Waals surface area contributed by atoms with Gasteiger partial charge in [-0.3, -0.25) is 9.59 Å². The van der Waals surface area contributed by atoms with Gasteiger partial charge in [0.05, 0.1) is 11.6 Å². The maximum absolute atomic E-state index is 12.5. The first kappa shape index (κ1) is 14.8. The molecule has 2 aromatic rings. The fourth-order valence-electron chi connectivity index (χ4n) is 2.88. The zero-order valence-corrected chi connectivity index (χ0v) is 12.5. The van der Waals surface area contributed by atoms with Crippen LogP contribution in [0, 0.1) is 0 Å². The summed E-state index contributed by atoms with van der Waals surface area (Å²) in [6.45, 7) is 0.358. The number of hydrogen-bond acceptors (Lipinski definition) is 3. The Balaban J connectivity index is 2.04. The van der Waals surface area contributed by atoms with E-state index in [1.54, 1.807) is 4.90 Å². The van der Waals surface area contributed by atoms with E-state index in [1.165, 1.54) is 0 Å². The van der Waals surface area contributed by atoms with Crippen LogP contribution in [-0.4, -0.2) is 16.7 Å². The number of hydrogen-bond donors (Lipinski definition) is 2. The van der Waals surface area contributed by atoms with E-state index in [2.05, 4.69) is 0 Å². The first-order valence-corrected chi connectivity index (χ1v) is 7.29. The number of nitrogens with zero attached hydrogens (tertiary/aromatic N) is 1. The lowest BCUT2D eigenvalue weighted by Gasteiger charge is -2.26. The highest BCUT2D eigenvalue weighted by Gasteiger charge is 2.41. The fourth-order valence-corrected chi connectivity index (χ4v) is 2.88. The van der Waals surface area contributed by atoms with E-state index in [1.807, 2.05) is 60.7 Å². The summed E-state index contributed by atoms with van der Waals surface area (Å²) in [4.78, 5) is 26.0. The van der Waals surface area contributed by atoms with Crippen LogP contribution in [0.3, 0.4) is 0 Å². The van der Waals surface area contributed by atoms with E-state index < -0.39 is 11.9 Å². The van der Waals surface area contributed by atoms with Crippen molar-refractivity contribution in [3.8, 4) is 0 Å². The van der Waals surface area contributed by atoms with Crippen molar-refractivity contribution in [1.29, 1.82) is 0 Å². The third-order valence-corrected chi connectivity index (χ3v) is 3.94. The van der Waals surface area contributed by atoms with Crippen molar-refractivity contribution in [1.82, 2.24) is 4.90 Å². The summed E-state index contributed by atoms with van der Waals surface area (Å²) in [5.41, 5.74) is 13.2. The van der Waals surface area contributed by atoms with Gasteiger partial charge < -0.3 is 16.4 Å². The lowest BCUT2D eigenvalue weighted by atomic mass is 9.98. The second-order valence-electron chi connectivity index (χ2n) is 5.42. The van der Waals surface area contributed by atoms with E-state index in [0.29, 0.717) is 6.54 Å². The lowest BCUT2D eigenvalue weighted by Crippen LogP contribution is -2.32. The number of benzene rings is 2. The summed E-state index contributed by atoms with van der Waals surface area (Å²) < 4.78 is 0. The van der Waals surface area contributed by atoms with Crippen LogP contribution in [0.2, 0.25) is 0 Å². The number of carbonyl (C=O) groups excluding carboxylic acids is 2. The van der Waals surface area contributed by atoms with Crippen molar-refractivity contribution in [3.05, 3.63) is 83.1 Å². The second-order valence-corrected chi connectivity index (χ2v) is 5.42. The molecule has 1 atom stereocenters. The molecular formula is C18H17N3O2. The van der Waals surface area contributed by atoms with Crippen LogP contribution >= 0.6 is 0 Å². The number of amides is 2. The molecule has 1 aliphatic rings. The topological polar surface area (TPSA) is 89.4 Å². The van der Waals surface area contributed by atoms with Gasteiger partial charge in [-0.05, 0) is 11.1 Å². The Morgan fingerprint density at radius 1 is 1.00 bits per heavy atom. The molecular weight excluding hydrogens is 290 g/mol. The Hall–Kier alpha value is -3.08. The molecule has 116 valence electrons. The van der Waals surface area contributed by atoms with Gasteiger partial charge in [-0.1, -0.05) is 60.7 Å². The maximum Gasteiger partial charge on any atom is 0.271 e. The molecule has 3 rings (SSSR count). The molecule has 0 spiro atoms. The molecule has 2 amide bonds. The summed E-state index contributed by atoms with van der Waals surface area (Å²) in [7, 11) is 0. The van der Waals surface area contributed by atoms with Crippen LogP contribution in [0.25, 0.3) is 0 Å².